The number of likely N-dealkylation sites (N-methyl/N-ethyl adjacent to an activating group) is 1. The molecule has 8 nitrogen and oxygen atoms in total. The van der Waals surface area contributed by atoms with Crippen LogP contribution in [0.1, 0.15) is 28.8 Å². The van der Waals surface area contributed by atoms with Gasteiger partial charge in [0.2, 0.25) is 0 Å². The minimum absolute atomic E-state index is 0.0135. The Kier molecular flexibility index (Phi) is 7.10. The number of methoxy groups -OCH3 is 1. The Morgan fingerprint density at radius 3 is 2.66 bits per heavy atom. The van der Waals surface area contributed by atoms with Crippen LogP contribution < -0.4 is 9.64 Å². The second-order valence-corrected chi connectivity index (χ2v) is 10.9. The van der Waals surface area contributed by atoms with E-state index in [0.29, 0.717) is 71.4 Å². The van der Waals surface area contributed by atoms with Gasteiger partial charge in [0.25, 0.3) is 5.91 Å². The van der Waals surface area contributed by atoms with Crippen molar-refractivity contribution in [2.75, 3.05) is 52.3 Å². The van der Waals surface area contributed by atoms with E-state index in [9.17, 15) is 14.4 Å². The maximum absolute atomic E-state index is 13.8. The minimum atomic E-state index is -0.873. The lowest BCUT2D eigenvalue weighted by Crippen LogP contribution is -2.34. The summed E-state index contributed by atoms with van der Waals surface area (Å²) in [4.78, 5) is 23.7. The fraction of sp³-hybridized carbons (Fsp3) is 0.344. The van der Waals surface area contributed by atoms with E-state index in [-0.39, 0.29) is 5.91 Å². The summed E-state index contributed by atoms with van der Waals surface area (Å²) in [5.74, 6) is 1.08. The molecule has 0 saturated carbocycles. The maximum atomic E-state index is 13.8. The number of pyridine rings is 1. The van der Waals surface area contributed by atoms with Gasteiger partial charge in [-0.25, -0.2) is 4.39 Å². The standard InChI is InChI=1S/C32H32FN5O3/c1-36(2)24-10-13-38(19-24)32(39)21-4-6-26(29(15-21)40-3)30-16-27-31(41-30)25(8-11-35-27)20-5-7-28(22(14-20)17-34)37-12-9-23(33)18-37/h4-8,11,14-16,23-24H,9-10,12-13,18-19H2,1-3H3/t23-,24-/m0/s1. The third kappa shape index (κ3) is 5.00. The number of hydrogen-bond acceptors (Lipinski definition) is 7. The van der Waals surface area contributed by atoms with Gasteiger partial charge in [0.15, 0.2) is 5.58 Å². The Labute approximate surface area is 238 Å². The number of likely N-dealkylation sites (tertiary alicyclic amines) is 1. The lowest BCUT2D eigenvalue weighted by molar-refractivity contribution is 0.0782. The van der Waals surface area contributed by atoms with E-state index in [1.165, 1.54) is 0 Å². The maximum Gasteiger partial charge on any atom is 0.254 e. The van der Waals surface area contributed by atoms with Gasteiger partial charge < -0.3 is 23.9 Å². The van der Waals surface area contributed by atoms with Crippen LogP contribution in [0.15, 0.2) is 59.1 Å². The molecule has 2 atom stereocenters. The number of alkyl halides is 1. The van der Waals surface area contributed by atoms with E-state index in [1.54, 1.807) is 19.4 Å². The number of ether oxygens (including phenoxy) is 1. The molecule has 2 saturated heterocycles. The van der Waals surface area contributed by atoms with Crippen molar-refractivity contribution in [2.45, 2.75) is 25.1 Å². The second kappa shape index (κ2) is 10.9. The zero-order valence-corrected chi connectivity index (χ0v) is 23.4. The average Bonchev–Trinajstić information content (AvgIpc) is 3.75. The fourth-order valence-corrected chi connectivity index (χ4v) is 5.86. The Bertz CT molecular complexity index is 1660. The molecule has 2 fully saturated rings. The summed E-state index contributed by atoms with van der Waals surface area (Å²) in [5.41, 5.74) is 5.36. The quantitative estimate of drug-likeness (QED) is 0.318. The molecule has 6 rings (SSSR count). The summed E-state index contributed by atoms with van der Waals surface area (Å²) in [6.07, 6.45) is 2.27. The van der Waals surface area contributed by atoms with Crippen molar-refractivity contribution in [3.63, 3.8) is 0 Å². The van der Waals surface area contributed by atoms with Gasteiger partial charge >= 0.3 is 0 Å². The van der Waals surface area contributed by atoms with Gasteiger partial charge in [-0.2, -0.15) is 5.26 Å². The second-order valence-electron chi connectivity index (χ2n) is 10.9. The number of carbonyl (C=O) groups is 1. The monoisotopic (exact) mass is 553 g/mol. The number of fused-ring (bicyclic) bond motifs is 1. The van der Waals surface area contributed by atoms with Crippen LogP contribution in [0.2, 0.25) is 0 Å². The van der Waals surface area contributed by atoms with E-state index >= 15 is 0 Å². The summed E-state index contributed by atoms with van der Waals surface area (Å²) >= 11 is 0. The SMILES string of the molecule is COc1cc(C(=O)N2CC[C@H](N(C)C)C2)ccc1-c1cc2nccc(-c3ccc(N4CC[C@H](F)C4)c(C#N)c3)c2o1. The lowest BCUT2D eigenvalue weighted by atomic mass is 10.0. The van der Waals surface area contributed by atoms with Crippen LogP contribution in [0.3, 0.4) is 0 Å². The summed E-state index contributed by atoms with van der Waals surface area (Å²) in [6.45, 7) is 2.33. The van der Waals surface area contributed by atoms with Crippen LogP contribution in [-0.4, -0.2) is 80.3 Å². The summed E-state index contributed by atoms with van der Waals surface area (Å²) in [6, 6.07) is 17.4. The first kappa shape index (κ1) is 26.8. The molecule has 41 heavy (non-hydrogen) atoms. The van der Waals surface area contributed by atoms with Crippen molar-refractivity contribution in [1.29, 1.82) is 5.26 Å². The molecule has 0 N–H and O–H groups in total. The third-order valence-corrected chi connectivity index (χ3v) is 8.21. The minimum Gasteiger partial charge on any atom is -0.496 e. The highest BCUT2D eigenvalue weighted by molar-refractivity contribution is 5.97. The number of benzene rings is 2. The van der Waals surface area contributed by atoms with Crippen LogP contribution in [0.25, 0.3) is 33.6 Å². The van der Waals surface area contributed by atoms with E-state index < -0.39 is 6.17 Å². The molecule has 2 aromatic carbocycles. The van der Waals surface area contributed by atoms with Gasteiger partial charge in [-0.05, 0) is 68.9 Å². The van der Waals surface area contributed by atoms with E-state index in [4.69, 9.17) is 9.15 Å². The lowest BCUT2D eigenvalue weighted by Gasteiger charge is -2.20. The highest BCUT2D eigenvalue weighted by atomic mass is 19.1. The molecule has 0 radical (unpaired) electrons. The summed E-state index contributed by atoms with van der Waals surface area (Å²) in [5, 5.41) is 9.86. The Morgan fingerprint density at radius 2 is 1.95 bits per heavy atom. The number of anilines is 1. The smallest absolute Gasteiger partial charge is 0.254 e. The predicted molar refractivity (Wildman–Crippen MR) is 156 cm³/mol. The van der Waals surface area contributed by atoms with Gasteiger partial charge in [-0.15, -0.1) is 0 Å². The van der Waals surface area contributed by atoms with Gasteiger partial charge in [-0.3, -0.25) is 9.78 Å². The molecule has 1 amide bonds. The number of carbonyl (C=O) groups excluding carboxylic acids is 1. The number of furan rings is 1. The van der Waals surface area contributed by atoms with Crippen molar-refractivity contribution in [1.82, 2.24) is 14.8 Å². The number of nitriles is 1. The molecular formula is C32H32FN5O3. The molecule has 9 heteroatoms. The fourth-order valence-electron chi connectivity index (χ4n) is 5.86. The van der Waals surface area contributed by atoms with Crippen molar-refractivity contribution >= 4 is 22.7 Å². The molecule has 210 valence electrons. The molecule has 2 aromatic heterocycles. The molecule has 4 aromatic rings. The van der Waals surface area contributed by atoms with Crippen LogP contribution >= 0.6 is 0 Å². The number of amides is 1. The van der Waals surface area contributed by atoms with Gasteiger partial charge in [0.05, 0.1) is 23.9 Å². The largest absolute Gasteiger partial charge is 0.496 e. The first-order valence-corrected chi connectivity index (χ1v) is 13.8. The molecule has 0 spiro atoms. The van der Waals surface area contributed by atoms with Crippen LogP contribution in [-0.2, 0) is 0 Å². The van der Waals surface area contributed by atoms with E-state index in [2.05, 4.69) is 16.0 Å². The number of halogens is 1. The van der Waals surface area contributed by atoms with Gasteiger partial charge in [0.1, 0.15) is 29.3 Å². The van der Waals surface area contributed by atoms with E-state index in [0.717, 1.165) is 29.8 Å². The van der Waals surface area contributed by atoms with Crippen molar-refractivity contribution < 1.29 is 18.3 Å². The topological polar surface area (TPSA) is 85.8 Å². The Morgan fingerprint density at radius 1 is 1.10 bits per heavy atom. The van der Waals surface area contributed by atoms with Gasteiger partial charge in [-0.1, -0.05) is 6.07 Å². The molecule has 0 aliphatic carbocycles. The third-order valence-electron chi connectivity index (χ3n) is 8.21. The molecule has 2 aliphatic heterocycles. The first-order valence-electron chi connectivity index (χ1n) is 13.8. The van der Waals surface area contributed by atoms with Crippen molar-refractivity contribution in [3.8, 4) is 34.3 Å². The Balaban J connectivity index is 1.32. The molecule has 2 aliphatic rings. The molecule has 4 heterocycles. The summed E-state index contributed by atoms with van der Waals surface area (Å²) in [7, 11) is 5.66. The zero-order valence-electron chi connectivity index (χ0n) is 23.4. The number of aromatic nitrogens is 1. The number of nitrogens with zero attached hydrogens (tertiary/aromatic N) is 5. The van der Waals surface area contributed by atoms with Gasteiger partial charge in [0, 0.05) is 55.6 Å². The average molecular weight is 554 g/mol. The highest BCUT2D eigenvalue weighted by Gasteiger charge is 2.29. The highest BCUT2D eigenvalue weighted by Crippen LogP contribution is 2.39. The number of hydrogen-bond donors (Lipinski definition) is 0. The molecule has 0 unspecified atom stereocenters. The zero-order chi connectivity index (χ0) is 28.7. The van der Waals surface area contributed by atoms with E-state index in [1.807, 2.05) is 66.4 Å². The van der Waals surface area contributed by atoms with Crippen LogP contribution in [0.4, 0.5) is 10.1 Å². The van der Waals surface area contributed by atoms with Crippen molar-refractivity contribution in [2.24, 2.45) is 0 Å². The first-order chi connectivity index (χ1) is 19.9. The normalized spacial score (nSPS) is 18.8. The van der Waals surface area contributed by atoms with Crippen LogP contribution in [0, 0.1) is 11.3 Å². The number of rotatable bonds is 6. The van der Waals surface area contributed by atoms with Crippen LogP contribution in [0.5, 0.6) is 5.75 Å². The Hall–Kier alpha value is -4.42. The predicted octanol–water partition coefficient (Wildman–Crippen LogP) is 5.37. The molecular weight excluding hydrogens is 521 g/mol. The van der Waals surface area contributed by atoms with Crippen molar-refractivity contribution in [3.05, 3.63) is 65.9 Å². The summed E-state index contributed by atoms with van der Waals surface area (Å²) < 4.78 is 25.9. The molecule has 0 bridgehead atoms.